The van der Waals surface area contributed by atoms with E-state index in [-0.39, 0.29) is 5.92 Å². The molecule has 1 aromatic heterocycles. The standard InChI is InChI=1S/C18H30N4O/c1-15-6-10-22(11-7-15)18(23)17-5-3-9-21(14-17)8-2-4-16-12-19-20-13-16/h12-13,15,17H,2-11,14H2,1H3,(H,19,20)/t17-/m0/s1. The van der Waals surface area contributed by atoms with Crippen LogP contribution < -0.4 is 0 Å². The number of likely N-dealkylation sites (tertiary alicyclic amines) is 2. The fourth-order valence-electron chi connectivity index (χ4n) is 3.87. The van der Waals surface area contributed by atoms with Crippen LogP contribution in [0.2, 0.25) is 0 Å². The maximum absolute atomic E-state index is 12.8. The van der Waals surface area contributed by atoms with Crippen molar-refractivity contribution in [1.82, 2.24) is 20.0 Å². The first-order chi connectivity index (χ1) is 11.2. The smallest absolute Gasteiger partial charge is 0.226 e. The summed E-state index contributed by atoms with van der Waals surface area (Å²) in [6.07, 6.45) is 10.7. The fourth-order valence-corrected chi connectivity index (χ4v) is 3.87. The summed E-state index contributed by atoms with van der Waals surface area (Å²) >= 11 is 0. The fraction of sp³-hybridized carbons (Fsp3) is 0.778. The van der Waals surface area contributed by atoms with E-state index in [4.69, 9.17) is 0 Å². The van der Waals surface area contributed by atoms with Crippen LogP contribution in [0.25, 0.3) is 0 Å². The monoisotopic (exact) mass is 318 g/mol. The number of rotatable bonds is 5. The third-order valence-electron chi connectivity index (χ3n) is 5.44. The Hall–Kier alpha value is -1.36. The number of aryl methyl sites for hydroxylation is 1. The summed E-state index contributed by atoms with van der Waals surface area (Å²) < 4.78 is 0. The normalized spacial score (nSPS) is 24.0. The van der Waals surface area contributed by atoms with E-state index < -0.39 is 0 Å². The average Bonchev–Trinajstić information content (AvgIpc) is 3.09. The number of nitrogens with one attached hydrogen (secondary N) is 1. The molecule has 23 heavy (non-hydrogen) atoms. The zero-order valence-corrected chi connectivity index (χ0v) is 14.3. The molecule has 2 aliphatic rings. The first kappa shape index (κ1) is 16.5. The van der Waals surface area contributed by atoms with Gasteiger partial charge in [0, 0.05) is 25.8 Å². The van der Waals surface area contributed by atoms with Gasteiger partial charge in [-0.15, -0.1) is 0 Å². The molecular weight excluding hydrogens is 288 g/mol. The lowest BCUT2D eigenvalue weighted by atomic mass is 9.93. The van der Waals surface area contributed by atoms with Crippen LogP contribution in [0, 0.1) is 11.8 Å². The molecule has 1 atom stereocenters. The molecule has 3 rings (SSSR count). The molecule has 0 saturated carbocycles. The van der Waals surface area contributed by atoms with E-state index in [0.29, 0.717) is 5.91 Å². The number of carbonyl (C=O) groups excluding carboxylic acids is 1. The number of H-pyrrole nitrogens is 1. The summed E-state index contributed by atoms with van der Waals surface area (Å²) in [6.45, 7) is 7.42. The Kier molecular flexibility index (Phi) is 5.70. The lowest BCUT2D eigenvalue weighted by molar-refractivity contribution is -0.138. The molecule has 2 fully saturated rings. The van der Waals surface area contributed by atoms with Gasteiger partial charge in [-0.3, -0.25) is 9.89 Å². The number of piperidine rings is 2. The second kappa shape index (κ2) is 7.95. The van der Waals surface area contributed by atoms with Gasteiger partial charge in [-0.05, 0) is 63.1 Å². The molecule has 128 valence electrons. The van der Waals surface area contributed by atoms with Crippen LogP contribution in [0.5, 0.6) is 0 Å². The van der Waals surface area contributed by atoms with Crippen molar-refractivity contribution in [2.24, 2.45) is 11.8 Å². The van der Waals surface area contributed by atoms with Gasteiger partial charge >= 0.3 is 0 Å². The number of amides is 1. The molecule has 0 unspecified atom stereocenters. The zero-order valence-electron chi connectivity index (χ0n) is 14.3. The topological polar surface area (TPSA) is 52.2 Å². The van der Waals surface area contributed by atoms with Gasteiger partial charge < -0.3 is 9.80 Å². The summed E-state index contributed by atoms with van der Waals surface area (Å²) in [5.41, 5.74) is 1.28. The minimum atomic E-state index is 0.228. The van der Waals surface area contributed by atoms with Gasteiger partial charge in [-0.1, -0.05) is 6.92 Å². The Labute approximate surface area is 139 Å². The molecule has 2 aliphatic heterocycles. The predicted molar refractivity (Wildman–Crippen MR) is 91.1 cm³/mol. The summed E-state index contributed by atoms with van der Waals surface area (Å²) in [5.74, 6) is 1.42. The quantitative estimate of drug-likeness (QED) is 0.906. The van der Waals surface area contributed by atoms with E-state index in [1.807, 2.05) is 12.4 Å². The average molecular weight is 318 g/mol. The van der Waals surface area contributed by atoms with Crippen molar-refractivity contribution in [3.05, 3.63) is 18.0 Å². The Balaban J connectivity index is 1.43. The molecule has 0 aliphatic carbocycles. The van der Waals surface area contributed by atoms with E-state index in [1.54, 1.807) is 0 Å². The molecule has 2 saturated heterocycles. The minimum absolute atomic E-state index is 0.228. The molecule has 1 N–H and O–H groups in total. The van der Waals surface area contributed by atoms with Crippen LogP contribution in [-0.4, -0.2) is 58.6 Å². The van der Waals surface area contributed by atoms with Crippen molar-refractivity contribution in [1.29, 1.82) is 0 Å². The van der Waals surface area contributed by atoms with Gasteiger partial charge in [0.25, 0.3) is 0 Å². The SMILES string of the molecule is CC1CCN(C(=O)[C@H]2CCCN(CCCc3cn[nH]c3)C2)CC1. The Morgan fingerprint density at radius 3 is 2.87 bits per heavy atom. The van der Waals surface area contributed by atoms with Gasteiger partial charge in [0.15, 0.2) is 0 Å². The largest absolute Gasteiger partial charge is 0.342 e. The molecule has 0 aromatic carbocycles. The van der Waals surface area contributed by atoms with E-state index >= 15 is 0 Å². The van der Waals surface area contributed by atoms with E-state index in [0.717, 1.165) is 64.3 Å². The number of aromatic nitrogens is 2. The van der Waals surface area contributed by atoms with Crippen molar-refractivity contribution in [2.75, 3.05) is 32.7 Å². The molecule has 5 heteroatoms. The second-order valence-corrected chi connectivity index (χ2v) is 7.36. The third-order valence-corrected chi connectivity index (χ3v) is 5.44. The summed E-state index contributed by atoms with van der Waals surface area (Å²) in [5, 5.41) is 6.86. The maximum atomic E-state index is 12.8. The van der Waals surface area contributed by atoms with Crippen molar-refractivity contribution in [3.63, 3.8) is 0 Å². The zero-order chi connectivity index (χ0) is 16.1. The molecule has 1 aromatic rings. The van der Waals surface area contributed by atoms with Gasteiger partial charge in [0.1, 0.15) is 0 Å². The van der Waals surface area contributed by atoms with Crippen LogP contribution >= 0.6 is 0 Å². The summed E-state index contributed by atoms with van der Waals surface area (Å²) in [4.78, 5) is 17.4. The predicted octanol–water partition coefficient (Wildman–Crippen LogP) is 2.31. The highest BCUT2D eigenvalue weighted by Gasteiger charge is 2.30. The molecule has 0 bridgehead atoms. The Morgan fingerprint density at radius 2 is 2.13 bits per heavy atom. The van der Waals surface area contributed by atoms with Crippen molar-refractivity contribution in [3.8, 4) is 0 Å². The van der Waals surface area contributed by atoms with Crippen molar-refractivity contribution in [2.45, 2.75) is 45.4 Å². The summed E-state index contributed by atoms with van der Waals surface area (Å²) in [7, 11) is 0. The van der Waals surface area contributed by atoms with Crippen molar-refractivity contribution >= 4 is 5.91 Å². The van der Waals surface area contributed by atoms with Crippen molar-refractivity contribution < 1.29 is 4.79 Å². The lowest BCUT2D eigenvalue weighted by Crippen LogP contribution is -2.47. The molecule has 0 radical (unpaired) electrons. The highest BCUT2D eigenvalue weighted by molar-refractivity contribution is 5.79. The molecular formula is C18H30N4O. The van der Waals surface area contributed by atoms with Crippen LogP contribution in [-0.2, 0) is 11.2 Å². The Bertz CT molecular complexity index is 479. The number of hydrogen-bond donors (Lipinski definition) is 1. The van der Waals surface area contributed by atoms with Crippen LogP contribution in [0.1, 0.15) is 44.6 Å². The van der Waals surface area contributed by atoms with Crippen LogP contribution in [0.4, 0.5) is 0 Å². The Morgan fingerprint density at radius 1 is 1.30 bits per heavy atom. The second-order valence-electron chi connectivity index (χ2n) is 7.36. The van der Waals surface area contributed by atoms with Gasteiger partial charge in [-0.2, -0.15) is 5.10 Å². The molecule has 0 spiro atoms. The molecule has 3 heterocycles. The third kappa shape index (κ3) is 4.56. The highest BCUT2D eigenvalue weighted by atomic mass is 16.2. The van der Waals surface area contributed by atoms with Gasteiger partial charge in [0.05, 0.1) is 12.1 Å². The number of nitrogens with zero attached hydrogens (tertiary/aromatic N) is 3. The van der Waals surface area contributed by atoms with Gasteiger partial charge in [-0.25, -0.2) is 0 Å². The molecule has 5 nitrogen and oxygen atoms in total. The van der Waals surface area contributed by atoms with E-state index in [1.165, 1.54) is 18.4 Å². The lowest BCUT2D eigenvalue weighted by Gasteiger charge is -2.37. The first-order valence-electron chi connectivity index (χ1n) is 9.21. The maximum Gasteiger partial charge on any atom is 0.226 e. The number of aromatic amines is 1. The number of hydrogen-bond acceptors (Lipinski definition) is 3. The number of carbonyl (C=O) groups is 1. The first-order valence-corrected chi connectivity index (χ1v) is 9.21. The summed E-state index contributed by atoms with van der Waals surface area (Å²) in [6, 6.07) is 0. The highest BCUT2D eigenvalue weighted by Crippen LogP contribution is 2.23. The minimum Gasteiger partial charge on any atom is -0.342 e. The van der Waals surface area contributed by atoms with E-state index in [9.17, 15) is 4.79 Å². The molecule has 1 amide bonds. The van der Waals surface area contributed by atoms with Gasteiger partial charge in [0.2, 0.25) is 5.91 Å². The van der Waals surface area contributed by atoms with E-state index in [2.05, 4.69) is 26.9 Å². The van der Waals surface area contributed by atoms with Crippen LogP contribution in [0.15, 0.2) is 12.4 Å². The van der Waals surface area contributed by atoms with Crippen LogP contribution in [0.3, 0.4) is 0 Å².